The van der Waals surface area contributed by atoms with Gasteiger partial charge in [0.05, 0.1) is 18.4 Å². The Hall–Kier alpha value is -3.44. The largest absolute Gasteiger partial charge is 0.364 e. The molecule has 164 valence electrons. The van der Waals surface area contributed by atoms with Crippen LogP contribution < -0.4 is 5.56 Å². The average molecular weight is 454 g/mol. The minimum Gasteiger partial charge on any atom is -0.364 e. The van der Waals surface area contributed by atoms with Crippen molar-refractivity contribution < 1.29 is 13.1 Å². The molecule has 1 fully saturated rings. The van der Waals surface area contributed by atoms with Crippen LogP contribution in [0.3, 0.4) is 0 Å². The summed E-state index contributed by atoms with van der Waals surface area (Å²) in [6.45, 7) is 0.146. The Bertz CT molecular complexity index is 1350. The first-order valence-corrected chi connectivity index (χ1v) is 11.1. The van der Waals surface area contributed by atoms with Crippen molar-refractivity contribution in [3.8, 4) is 22.9 Å². The van der Waals surface area contributed by atoms with Crippen LogP contribution in [-0.2, 0) is 17.5 Å². The van der Waals surface area contributed by atoms with Crippen LogP contribution in [0, 0.1) is 5.82 Å². The van der Waals surface area contributed by atoms with Gasteiger partial charge in [-0.2, -0.15) is 5.10 Å². The van der Waals surface area contributed by atoms with E-state index in [1.807, 2.05) is 0 Å². The van der Waals surface area contributed by atoms with Crippen LogP contribution in [0.5, 0.6) is 0 Å². The molecule has 9 nitrogen and oxygen atoms in total. The lowest BCUT2D eigenvalue weighted by molar-refractivity contribution is 0.421. The maximum atomic E-state index is 14.2. The van der Waals surface area contributed by atoms with Crippen molar-refractivity contribution in [2.45, 2.75) is 30.3 Å². The number of hydrogen-bond acceptors (Lipinski definition) is 6. The maximum absolute atomic E-state index is 14.2. The summed E-state index contributed by atoms with van der Waals surface area (Å²) in [4.78, 5) is 19.7. The summed E-state index contributed by atoms with van der Waals surface area (Å²) in [5, 5.41) is 8.46. The predicted molar refractivity (Wildman–Crippen MR) is 114 cm³/mol. The standard InChI is InChI=1S/C21H19FN6O3S/c1-27(14-6-7-14)32(30)19-11-23-20(24-21(19)29)17-10-18(16-8-9-31-26-16)28(25-17)12-13-4-2-3-5-15(13)22/h2-5,8-11,14H,6-7,12H2,1H3,(H,23,24,29). The summed E-state index contributed by atoms with van der Waals surface area (Å²) in [6.07, 6.45) is 4.68. The zero-order valence-corrected chi connectivity index (χ0v) is 17.9. The van der Waals surface area contributed by atoms with Gasteiger partial charge in [-0.15, -0.1) is 0 Å². The molecule has 1 aliphatic carbocycles. The molecule has 1 unspecified atom stereocenters. The van der Waals surface area contributed by atoms with Crippen LogP contribution in [0.25, 0.3) is 22.9 Å². The van der Waals surface area contributed by atoms with Crippen molar-refractivity contribution in [2.75, 3.05) is 7.05 Å². The van der Waals surface area contributed by atoms with E-state index in [0.717, 1.165) is 12.8 Å². The van der Waals surface area contributed by atoms with Gasteiger partial charge in [0, 0.05) is 24.7 Å². The number of hydrogen-bond donors (Lipinski definition) is 1. The number of nitrogens with zero attached hydrogens (tertiary/aromatic N) is 5. The van der Waals surface area contributed by atoms with E-state index in [2.05, 4.69) is 20.2 Å². The first-order chi connectivity index (χ1) is 15.5. The van der Waals surface area contributed by atoms with Gasteiger partial charge in [-0.3, -0.25) is 9.48 Å². The number of aromatic nitrogens is 5. The van der Waals surface area contributed by atoms with Crippen molar-refractivity contribution in [1.29, 1.82) is 0 Å². The zero-order chi connectivity index (χ0) is 22.2. The van der Waals surface area contributed by atoms with Crippen molar-refractivity contribution in [3.05, 3.63) is 70.6 Å². The number of nitrogens with one attached hydrogen (secondary N) is 1. The Kier molecular flexibility index (Phi) is 5.27. The highest BCUT2D eigenvalue weighted by molar-refractivity contribution is 7.82. The van der Waals surface area contributed by atoms with Gasteiger partial charge in [0.1, 0.15) is 39.3 Å². The minimum atomic E-state index is -1.59. The lowest BCUT2D eigenvalue weighted by Crippen LogP contribution is -2.28. The Balaban J connectivity index is 1.51. The molecule has 4 aromatic rings. The second kappa shape index (κ2) is 8.24. The summed E-state index contributed by atoms with van der Waals surface area (Å²) in [5.74, 6) is -0.143. The first kappa shape index (κ1) is 20.5. The molecule has 0 amide bonds. The molecular weight excluding hydrogens is 435 g/mol. The molecule has 3 aromatic heterocycles. The van der Waals surface area contributed by atoms with E-state index in [0.29, 0.717) is 22.6 Å². The van der Waals surface area contributed by atoms with Gasteiger partial charge >= 0.3 is 0 Å². The molecule has 5 rings (SSSR count). The predicted octanol–water partition coefficient (Wildman–Crippen LogP) is 2.59. The van der Waals surface area contributed by atoms with E-state index in [9.17, 15) is 13.4 Å². The van der Waals surface area contributed by atoms with Crippen LogP contribution in [0.2, 0.25) is 0 Å². The molecule has 11 heteroatoms. The molecule has 1 aliphatic rings. The lowest BCUT2D eigenvalue weighted by Gasteiger charge is -2.13. The van der Waals surface area contributed by atoms with Crippen LogP contribution in [0.4, 0.5) is 4.39 Å². The third-order valence-electron chi connectivity index (χ3n) is 5.28. The molecule has 1 aromatic carbocycles. The van der Waals surface area contributed by atoms with Gasteiger partial charge in [0.25, 0.3) is 5.56 Å². The normalized spacial score (nSPS) is 14.7. The van der Waals surface area contributed by atoms with E-state index in [1.165, 1.54) is 18.5 Å². The Labute approximate surface area is 184 Å². The fourth-order valence-electron chi connectivity index (χ4n) is 3.36. The van der Waals surface area contributed by atoms with Gasteiger partial charge in [-0.25, -0.2) is 17.9 Å². The highest BCUT2D eigenvalue weighted by Gasteiger charge is 2.31. The summed E-state index contributed by atoms with van der Waals surface area (Å²) < 4.78 is 35.0. The molecule has 32 heavy (non-hydrogen) atoms. The molecule has 0 bridgehead atoms. The minimum absolute atomic E-state index is 0.0886. The van der Waals surface area contributed by atoms with Crippen LogP contribution in [0.15, 0.2) is 63.1 Å². The molecule has 3 heterocycles. The average Bonchev–Trinajstić information content (AvgIpc) is 3.33. The molecular formula is C21H19FN6O3S. The van der Waals surface area contributed by atoms with E-state index in [1.54, 1.807) is 46.4 Å². The number of halogens is 1. The second-order valence-electron chi connectivity index (χ2n) is 7.50. The molecule has 1 saturated carbocycles. The quantitative estimate of drug-likeness (QED) is 0.460. The highest BCUT2D eigenvalue weighted by atomic mass is 32.2. The second-order valence-corrected chi connectivity index (χ2v) is 9.01. The molecule has 0 spiro atoms. The van der Waals surface area contributed by atoms with Gasteiger partial charge in [-0.1, -0.05) is 23.4 Å². The summed E-state index contributed by atoms with van der Waals surface area (Å²) in [5.41, 5.74) is 1.39. The van der Waals surface area contributed by atoms with Crippen molar-refractivity contribution in [2.24, 2.45) is 0 Å². The highest BCUT2D eigenvalue weighted by Crippen LogP contribution is 2.28. The molecule has 0 radical (unpaired) electrons. The van der Waals surface area contributed by atoms with Gasteiger partial charge in [0.2, 0.25) is 0 Å². The maximum Gasteiger partial charge on any atom is 0.268 e. The Morgan fingerprint density at radius 2 is 2.09 bits per heavy atom. The monoisotopic (exact) mass is 454 g/mol. The molecule has 0 aliphatic heterocycles. The SMILES string of the molecule is CN(C1CC1)S(=O)c1cnc(-c2cc(-c3ccon3)n(Cc3ccccc3F)n2)[nH]c1=O. The zero-order valence-electron chi connectivity index (χ0n) is 17.1. The number of H-pyrrole nitrogens is 1. The van der Waals surface area contributed by atoms with Crippen LogP contribution in [-0.4, -0.2) is 46.5 Å². The fourth-order valence-corrected chi connectivity index (χ4v) is 4.50. The Morgan fingerprint density at radius 1 is 1.28 bits per heavy atom. The lowest BCUT2D eigenvalue weighted by atomic mass is 10.2. The third-order valence-corrected chi connectivity index (χ3v) is 6.77. The third kappa shape index (κ3) is 3.92. The number of rotatable bonds is 7. The first-order valence-electron chi connectivity index (χ1n) is 9.97. The van der Waals surface area contributed by atoms with Gasteiger partial charge in [-0.05, 0) is 25.0 Å². The fraction of sp³-hybridized carbons (Fsp3) is 0.238. The van der Waals surface area contributed by atoms with E-state index in [-0.39, 0.29) is 29.1 Å². The van der Waals surface area contributed by atoms with E-state index >= 15 is 0 Å². The summed E-state index contributed by atoms with van der Waals surface area (Å²) >= 11 is 0. The molecule has 1 atom stereocenters. The van der Waals surface area contributed by atoms with Crippen molar-refractivity contribution in [3.63, 3.8) is 0 Å². The van der Waals surface area contributed by atoms with Crippen molar-refractivity contribution >= 4 is 11.0 Å². The Morgan fingerprint density at radius 3 is 2.78 bits per heavy atom. The van der Waals surface area contributed by atoms with Gasteiger partial charge in [0.15, 0.2) is 5.82 Å². The smallest absolute Gasteiger partial charge is 0.268 e. The van der Waals surface area contributed by atoms with E-state index < -0.39 is 16.5 Å². The van der Waals surface area contributed by atoms with Crippen molar-refractivity contribution in [1.82, 2.24) is 29.2 Å². The van der Waals surface area contributed by atoms with E-state index in [4.69, 9.17) is 4.52 Å². The summed E-state index contributed by atoms with van der Waals surface area (Å²) in [6, 6.07) is 9.99. The molecule has 1 N–H and O–H groups in total. The molecule has 0 saturated heterocycles. The number of aromatic amines is 1. The number of benzene rings is 1. The van der Waals surface area contributed by atoms with Crippen LogP contribution >= 0.6 is 0 Å². The topological polar surface area (TPSA) is 110 Å². The van der Waals surface area contributed by atoms with Gasteiger partial charge < -0.3 is 9.51 Å². The summed E-state index contributed by atoms with van der Waals surface area (Å²) in [7, 11) is 0.145. The van der Waals surface area contributed by atoms with Crippen LogP contribution in [0.1, 0.15) is 18.4 Å².